The van der Waals surface area contributed by atoms with E-state index >= 15 is 0 Å². The van der Waals surface area contributed by atoms with Crippen LogP contribution in [0.15, 0.2) is 140 Å². The second-order valence-corrected chi connectivity index (χ2v) is 10.7. The third-order valence-electron chi connectivity index (χ3n) is 8.48. The van der Waals surface area contributed by atoms with Crippen LogP contribution in [0, 0.1) is 0 Å². The summed E-state index contributed by atoms with van der Waals surface area (Å²) < 4.78 is 2.44. The summed E-state index contributed by atoms with van der Waals surface area (Å²) in [5.41, 5.74) is 8.41. The monoisotopic (exact) mass is 508 g/mol. The van der Waals surface area contributed by atoms with Crippen molar-refractivity contribution in [3.63, 3.8) is 0 Å². The van der Waals surface area contributed by atoms with E-state index in [1.165, 1.54) is 76.5 Å². The molecule has 0 saturated heterocycles. The molecule has 0 aliphatic heterocycles. The number of fused-ring (bicyclic) bond motifs is 9. The van der Waals surface area contributed by atoms with Crippen LogP contribution in [0.5, 0.6) is 0 Å². The van der Waals surface area contributed by atoms with Crippen molar-refractivity contribution in [2.75, 3.05) is 0 Å². The average molecular weight is 509 g/mol. The Hall–Kier alpha value is -5.34. The molecule has 0 fully saturated rings. The second-order valence-electron chi connectivity index (χ2n) is 10.7. The summed E-state index contributed by atoms with van der Waals surface area (Å²) in [5, 5.41) is 10.1. The van der Waals surface area contributed by atoms with E-state index in [1.807, 2.05) is 0 Å². The van der Waals surface area contributed by atoms with Crippen molar-refractivity contribution >= 4 is 65.2 Å². The fourth-order valence-electron chi connectivity index (χ4n) is 6.68. The summed E-state index contributed by atoms with van der Waals surface area (Å²) in [7, 11) is 0. The molecule has 40 heavy (non-hydrogen) atoms. The molecule has 0 saturated carbocycles. The number of H-pyrrole nitrogens is 1. The Bertz CT molecular complexity index is 2440. The minimum absolute atomic E-state index is 1.16. The first-order valence-electron chi connectivity index (χ1n) is 13.8. The number of hydrogen-bond donors (Lipinski definition) is 1. The number of nitrogens with one attached hydrogen (secondary N) is 1. The Labute approximate surface area is 230 Å². The summed E-state index contributed by atoms with van der Waals surface area (Å²) in [6.07, 6.45) is 0. The van der Waals surface area contributed by atoms with Gasteiger partial charge in [-0.15, -0.1) is 0 Å². The lowest BCUT2D eigenvalue weighted by molar-refractivity contribution is 1.19. The van der Waals surface area contributed by atoms with E-state index in [9.17, 15) is 0 Å². The zero-order valence-corrected chi connectivity index (χ0v) is 21.7. The molecule has 186 valence electrons. The summed E-state index contributed by atoms with van der Waals surface area (Å²) in [5.74, 6) is 0. The van der Waals surface area contributed by atoms with E-state index in [4.69, 9.17) is 0 Å². The van der Waals surface area contributed by atoms with Crippen LogP contribution in [0.3, 0.4) is 0 Å². The highest BCUT2D eigenvalue weighted by Gasteiger charge is 2.17. The van der Waals surface area contributed by atoms with E-state index < -0.39 is 0 Å². The number of nitrogens with zero attached hydrogens (tertiary/aromatic N) is 1. The van der Waals surface area contributed by atoms with Gasteiger partial charge in [-0.2, -0.15) is 0 Å². The van der Waals surface area contributed by atoms with Crippen molar-refractivity contribution in [2.24, 2.45) is 0 Å². The van der Waals surface area contributed by atoms with Crippen LogP contribution in [0.1, 0.15) is 0 Å². The van der Waals surface area contributed by atoms with Gasteiger partial charge in [-0.25, -0.2) is 0 Å². The van der Waals surface area contributed by atoms with Gasteiger partial charge in [0.25, 0.3) is 0 Å². The van der Waals surface area contributed by atoms with E-state index in [1.54, 1.807) is 0 Å². The summed E-state index contributed by atoms with van der Waals surface area (Å²) in [6.45, 7) is 0. The minimum Gasteiger partial charge on any atom is -0.354 e. The maximum atomic E-state index is 3.71. The summed E-state index contributed by atoms with van der Waals surface area (Å²) in [4.78, 5) is 3.71. The van der Waals surface area contributed by atoms with E-state index in [0.717, 1.165) is 5.52 Å². The van der Waals surface area contributed by atoms with E-state index in [2.05, 4.69) is 149 Å². The lowest BCUT2D eigenvalue weighted by Gasteiger charge is -2.13. The molecular formula is C38H24N2. The maximum absolute atomic E-state index is 3.71. The number of rotatable bonds is 2. The molecule has 2 nitrogen and oxygen atoms in total. The van der Waals surface area contributed by atoms with Gasteiger partial charge in [0.05, 0.1) is 11.0 Å². The Morgan fingerprint density at radius 1 is 0.450 bits per heavy atom. The smallest absolute Gasteiger partial charge is 0.0619 e. The molecule has 0 unspecified atom stereocenters. The van der Waals surface area contributed by atoms with Gasteiger partial charge in [0.2, 0.25) is 0 Å². The fraction of sp³-hybridized carbons (Fsp3) is 0. The van der Waals surface area contributed by atoms with Crippen molar-refractivity contribution in [1.82, 2.24) is 9.55 Å². The average Bonchev–Trinajstić information content (AvgIpc) is 3.56. The molecular weight excluding hydrogens is 484 g/mol. The fourth-order valence-corrected chi connectivity index (χ4v) is 6.68. The van der Waals surface area contributed by atoms with Crippen LogP contribution < -0.4 is 0 Å². The Kier molecular flexibility index (Phi) is 4.36. The summed E-state index contributed by atoms with van der Waals surface area (Å²) in [6, 6.07) is 50.8. The number of benzene rings is 7. The molecule has 0 bridgehead atoms. The zero-order chi connectivity index (χ0) is 26.2. The minimum atomic E-state index is 1.16. The van der Waals surface area contributed by atoms with Gasteiger partial charge in [0, 0.05) is 43.8 Å². The number of aromatic amines is 1. The normalized spacial score (nSPS) is 12.0. The molecule has 9 rings (SSSR count). The van der Waals surface area contributed by atoms with Crippen molar-refractivity contribution in [3.8, 4) is 16.8 Å². The molecule has 1 N–H and O–H groups in total. The predicted octanol–water partition coefficient (Wildman–Crippen LogP) is 10.4. The van der Waals surface area contributed by atoms with Crippen LogP contribution in [-0.2, 0) is 0 Å². The van der Waals surface area contributed by atoms with Crippen LogP contribution >= 0.6 is 0 Å². The SMILES string of the molecule is c1ccc2cc(-n3c4ccccc4c4cccc(-c5ccc6c(c5)[nH]c5ccc7ccccc7c56)c43)ccc2c1. The largest absolute Gasteiger partial charge is 0.354 e. The third-order valence-corrected chi connectivity index (χ3v) is 8.48. The van der Waals surface area contributed by atoms with Gasteiger partial charge < -0.3 is 9.55 Å². The van der Waals surface area contributed by atoms with Crippen molar-refractivity contribution in [3.05, 3.63) is 140 Å². The second kappa shape index (κ2) is 8.08. The van der Waals surface area contributed by atoms with Crippen LogP contribution in [-0.4, -0.2) is 9.55 Å². The predicted molar refractivity (Wildman–Crippen MR) is 171 cm³/mol. The molecule has 0 aliphatic rings. The number of hydrogen-bond acceptors (Lipinski definition) is 0. The Morgan fingerprint density at radius 2 is 1.20 bits per heavy atom. The highest BCUT2D eigenvalue weighted by Crippen LogP contribution is 2.40. The number of aromatic nitrogens is 2. The van der Waals surface area contributed by atoms with Crippen LogP contribution in [0.4, 0.5) is 0 Å². The third kappa shape index (κ3) is 2.99. The Balaban J connectivity index is 1.35. The van der Waals surface area contributed by atoms with Gasteiger partial charge >= 0.3 is 0 Å². The van der Waals surface area contributed by atoms with E-state index in [-0.39, 0.29) is 0 Å². The highest BCUT2D eigenvalue weighted by atomic mass is 15.0. The first kappa shape index (κ1) is 21.6. The first-order valence-corrected chi connectivity index (χ1v) is 13.8. The maximum Gasteiger partial charge on any atom is 0.0619 e. The summed E-state index contributed by atoms with van der Waals surface area (Å²) >= 11 is 0. The zero-order valence-electron chi connectivity index (χ0n) is 21.7. The molecule has 9 aromatic rings. The molecule has 0 atom stereocenters. The van der Waals surface area contributed by atoms with Gasteiger partial charge in [0.15, 0.2) is 0 Å². The van der Waals surface area contributed by atoms with Crippen molar-refractivity contribution < 1.29 is 0 Å². The van der Waals surface area contributed by atoms with Gasteiger partial charge in [-0.3, -0.25) is 0 Å². The molecule has 0 radical (unpaired) electrons. The molecule has 2 heteroatoms. The lowest BCUT2D eigenvalue weighted by atomic mass is 9.99. The van der Waals surface area contributed by atoms with Crippen molar-refractivity contribution in [1.29, 1.82) is 0 Å². The topological polar surface area (TPSA) is 20.7 Å². The molecule has 0 amide bonds. The molecule has 2 heterocycles. The highest BCUT2D eigenvalue weighted by molar-refractivity contribution is 6.21. The molecule has 7 aromatic carbocycles. The van der Waals surface area contributed by atoms with Gasteiger partial charge in [-0.1, -0.05) is 109 Å². The lowest BCUT2D eigenvalue weighted by Crippen LogP contribution is -1.95. The van der Waals surface area contributed by atoms with E-state index in [0.29, 0.717) is 0 Å². The van der Waals surface area contributed by atoms with Crippen molar-refractivity contribution in [2.45, 2.75) is 0 Å². The van der Waals surface area contributed by atoms with Gasteiger partial charge in [0.1, 0.15) is 0 Å². The molecule has 2 aromatic heterocycles. The molecule has 0 aliphatic carbocycles. The quantitative estimate of drug-likeness (QED) is 0.240. The molecule has 0 spiro atoms. The van der Waals surface area contributed by atoms with Crippen LogP contribution in [0.2, 0.25) is 0 Å². The van der Waals surface area contributed by atoms with Gasteiger partial charge in [-0.05, 0) is 57.4 Å². The Morgan fingerprint density at radius 3 is 2.12 bits per heavy atom. The first-order chi connectivity index (χ1) is 19.8. The number of para-hydroxylation sites is 2. The standard InChI is InChI=1S/C38H24N2/c1-2-10-26-22-28(19-16-24(26)8-1)40-36-15-6-5-12-31(36)32-14-7-13-30(38(32)40)27-17-20-33-35(23-27)39-34-21-18-25-9-3-4-11-29(25)37(33)34/h1-23,39H. The van der Waals surface area contributed by atoms with Crippen LogP contribution in [0.25, 0.3) is 82.0 Å².